The Balaban J connectivity index is 1.92. The van der Waals surface area contributed by atoms with Gasteiger partial charge in [0.25, 0.3) is 0 Å². The summed E-state index contributed by atoms with van der Waals surface area (Å²) in [5, 5.41) is 17.1. The second-order valence-electron chi connectivity index (χ2n) is 4.70. The lowest BCUT2D eigenvalue weighted by molar-refractivity contribution is 0.264. The van der Waals surface area contributed by atoms with Crippen LogP contribution in [0.2, 0.25) is 0 Å². The van der Waals surface area contributed by atoms with Crippen molar-refractivity contribution in [3.05, 3.63) is 47.0 Å². The van der Waals surface area contributed by atoms with Crippen LogP contribution in [0.3, 0.4) is 0 Å². The first-order chi connectivity index (χ1) is 9.19. The zero-order chi connectivity index (χ0) is 13.4. The monoisotopic (exact) mass is 265 g/mol. The van der Waals surface area contributed by atoms with Gasteiger partial charge in [-0.1, -0.05) is 6.07 Å². The molecule has 0 atom stereocenters. The van der Waals surface area contributed by atoms with Crippen molar-refractivity contribution in [2.24, 2.45) is 0 Å². The molecule has 0 radical (unpaired) electrons. The third-order valence-corrected chi connectivity index (χ3v) is 3.25. The van der Waals surface area contributed by atoms with Gasteiger partial charge in [0, 0.05) is 18.5 Å². The summed E-state index contributed by atoms with van der Waals surface area (Å²) in [4.78, 5) is 0. The largest absolute Gasteiger partial charge is 0.388 e. The van der Waals surface area contributed by atoms with E-state index < -0.39 is 11.6 Å². The molecule has 0 spiro atoms. The average Bonchev–Trinajstić information content (AvgIpc) is 3.14. The summed E-state index contributed by atoms with van der Waals surface area (Å²) in [5.74, 6) is -0.0751. The highest BCUT2D eigenvalue weighted by Gasteiger charge is 2.29. The minimum Gasteiger partial charge on any atom is -0.388 e. The Hall–Kier alpha value is -1.82. The molecular weight excluding hydrogens is 252 g/mol. The van der Waals surface area contributed by atoms with Gasteiger partial charge >= 0.3 is 0 Å². The first-order valence-corrected chi connectivity index (χ1v) is 6.16. The lowest BCUT2D eigenvalue weighted by Gasteiger charge is -2.08. The second-order valence-corrected chi connectivity index (χ2v) is 4.70. The average molecular weight is 265 g/mol. The highest BCUT2D eigenvalue weighted by molar-refractivity contribution is 5.22. The standard InChI is InChI=1S/C13H13F2N3O/c14-9-2-1-8(11(15)6-9)5-12-16-17-13(7-19)18(12)10-3-4-10/h1-2,6,10,19H,3-5,7H2. The molecule has 1 aliphatic carbocycles. The van der Waals surface area contributed by atoms with Gasteiger partial charge < -0.3 is 9.67 Å². The van der Waals surface area contributed by atoms with Gasteiger partial charge in [0.15, 0.2) is 5.82 Å². The summed E-state index contributed by atoms with van der Waals surface area (Å²) in [5.41, 5.74) is 0.375. The first kappa shape index (κ1) is 12.2. The van der Waals surface area contributed by atoms with Gasteiger partial charge in [-0.3, -0.25) is 0 Å². The Morgan fingerprint density at radius 1 is 1.21 bits per heavy atom. The molecule has 3 rings (SSSR count). The van der Waals surface area contributed by atoms with E-state index >= 15 is 0 Å². The molecule has 19 heavy (non-hydrogen) atoms. The van der Waals surface area contributed by atoms with Crippen LogP contribution in [0.4, 0.5) is 8.78 Å². The molecule has 1 N–H and O–H groups in total. The van der Waals surface area contributed by atoms with Crippen LogP contribution in [0.15, 0.2) is 18.2 Å². The molecule has 1 fully saturated rings. The third kappa shape index (κ3) is 2.35. The van der Waals surface area contributed by atoms with Gasteiger partial charge in [-0.05, 0) is 24.5 Å². The molecule has 100 valence electrons. The van der Waals surface area contributed by atoms with Gasteiger partial charge in [0.1, 0.15) is 24.1 Å². The molecule has 1 aromatic carbocycles. The number of halogens is 2. The summed E-state index contributed by atoms with van der Waals surface area (Å²) in [6.07, 6.45) is 2.28. The molecule has 0 aliphatic heterocycles. The van der Waals surface area contributed by atoms with Crippen molar-refractivity contribution < 1.29 is 13.9 Å². The molecule has 4 nitrogen and oxygen atoms in total. The Labute approximate surface area is 108 Å². The van der Waals surface area contributed by atoms with Gasteiger partial charge in [-0.15, -0.1) is 10.2 Å². The molecule has 2 aromatic rings. The van der Waals surface area contributed by atoms with Gasteiger partial charge in [0.2, 0.25) is 0 Å². The van der Waals surface area contributed by atoms with Crippen molar-refractivity contribution in [3.63, 3.8) is 0 Å². The van der Waals surface area contributed by atoms with Crippen LogP contribution in [-0.4, -0.2) is 19.9 Å². The van der Waals surface area contributed by atoms with Crippen LogP contribution in [0.1, 0.15) is 36.1 Å². The maximum atomic E-state index is 13.6. The molecule has 6 heteroatoms. The zero-order valence-corrected chi connectivity index (χ0v) is 10.2. The lowest BCUT2D eigenvalue weighted by Crippen LogP contribution is -2.07. The number of aliphatic hydroxyl groups excluding tert-OH is 1. The number of hydrogen-bond donors (Lipinski definition) is 1. The highest BCUT2D eigenvalue weighted by atomic mass is 19.1. The Morgan fingerprint density at radius 2 is 1.95 bits per heavy atom. The minimum atomic E-state index is -0.596. The maximum absolute atomic E-state index is 13.6. The molecule has 0 amide bonds. The van der Waals surface area contributed by atoms with Crippen molar-refractivity contribution in [2.75, 3.05) is 0 Å². The quantitative estimate of drug-likeness (QED) is 0.919. The van der Waals surface area contributed by atoms with E-state index in [4.69, 9.17) is 0 Å². The van der Waals surface area contributed by atoms with Crippen molar-refractivity contribution in [3.8, 4) is 0 Å². The molecule has 0 unspecified atom stereocenters. The summed E-state index contributed by atoms with van der Waals surface area (Å²) in [6.45, 7) is -0.185. The maximum Gasteiger partial charge on any atom is 0.159 e. The number of rotatable bonds is 4. The molecule has 1 saturated carbocycles. The van der Waals surface area contributed by atoms with Crippen LogP contribution >= 0.6 is 0 Å². The van der Waals surface area contributed by atoms with Gasteiger partial charge in [-0.25, -0.2) is 8.78 Å². The van der Waals surface area contributed by atoms with Crippen LogP contribution in [-0.2, 0) is 13.0 Å². The lowest BCUT2D eigenvalue weighted by atomic mass is 10.1. The van der Waals surface area contributed by atoms with E-state index in [1.807, 2.05) is 4.57 Å². The topological polar surface area (TPSA) is 50.9 Å². The van der Waals surface area contributed by atoms with Crippen LogP contribution < -0.4 is 0 Å². The van der Waals surface area contributed by atoms with E-state index in [0.717, 1.165) is 18.9 Å². The van der Waals surface area contributed by atoms with Crippen molar-refractivity contribution >= 4 is 0 Å². The van der Waals surface area contributed by atoms with E-state index in [2.05, 4.69) is 10.2 Å². The van der Waals surface area contributed by atoms with Crippen molar-refractivity contribution in [1.82, 2.24) is 14.8 Å². The third-order valence-electron chi connectivity index (χ3n) is 3.25. The second kappa shape index (κ2) is 4.70. The van der Waals surface area contributed by atoms with Crippen molar-refractivity contribution in [1.29, 1.82) is 0 Å². The Bertz CT molecular complexity index is 608. The number of aliphatic hydroxyl groups is 1. The highest BCUT2D eigenvalue weighted by Crippen LogP contribution is 2.37. The van der Waals surface area contributed by atoms with Gasteiger partial charge in [0.05, 0.1) is 0 Å². The first-order valence-electron chi connectivity index (χ1n) is 6.16. The van der Waals surface area contributed by atoms with Crippen molar-refractivity contribution in [2.45, 2.75) is 31.9 Å². The number of nitrogens with zero attached hydrogens (tertiary/aromatic N) is 3. The smallest absolute Gasteiger partial charge is 0.159 e. The molecule has 0 saturated heterocycles. The summed E-state index contributed by atoms with van der Waals surface area (Å²) in [7, 11) is 0. The Kier molecular flexibility index (Phi) is 3.02. The molecular formula is C13H13F2N3O. The number of benzene rings is 1. The van der Waals surface area contributed by atoms with E-state index in [0.29, 0.717) is 23.3 Å². The number of hydrogen-bond acceptors (Lipinski definition) is 3. The van der Waals surface area contributed by atoms with E-state index in [1.165, 1.54) is 12.1 Å². The summed E-state index contributed by atoms with van der Waals surface area (Å²) in [6, 6.07) is 3.80. The molecule has 1 heterocycles. The normalized spacial score (nSPS) is 14.9. The Morgan fingerprint density at radius 3 is 2.58 bits per heavy atom. The van der Waals surface area contributed by atoms with E-state index in [1.54, 1.807) is 0 Å². The molecule has 1 aliphatic rings. The van der Waals surface area contributed by atoms with Crippen LogP contribution in [0.25, 0.3) is 0 Å². The predicted octanol–water partition coefficient (Wildman–Crippen LogP) is 1.97. The molecule has 1 aromatic heterocycles. The van der Waals surface area contributed by atoms with Crippen LogP contribution in [0.5, 0.6) is 0 Å². The fraction of sp³-hybridized carbons (Fsp3) is 0.385. The molecule has 0 bridgehead atoms. The fourth-order valence-corrected chi connectivity index (χ4v) is 2.18. The van der Waals surface area contributed by atoms with E-state index in [-0.39, 0.29) is 13.0 Å². The number of aromatic nitrogens is 3. The minimum absolute atomic E-state index is 0.185. The van der Waals surface area contributed by atoms with E-state index in [9.17, 15) is 13.9 Å². The van der Waals surface area contributed by atoms with Crippen LogP contribution in [0, 0.1) is 11.6 Å². The van der Waals surface area contributed by atoms with Gasteiger partial charge in [-0.2, -0.15) is 0 Å². The fourth-order valence-electron chi connectivity index (χ4n) is 2.18. The zero-order valence-electron chi connectivity index (χ0n) is 10.2. The summed E-state index contributed by atoms with van der Waals surface area (Å²) >= 11 is 0. The SMILES string of the molecule is OCc1nnc(Cc2ccc(F)cc2F)n1C1CC1. The summed E-state index contributed by atoms with van der Waals surface area (Å²) < 4.78 is 28.3. The predicted molar refractivity (Wildman–Crippen MR) is 63.4 cm³/mol.